The Labute approximate surface area is 141 Å². The SMILES string of the molecule is Cc1cc(Br)cc(C)c1B(c1ccccc1)c1ccccc1. The van der Waals surface area contributed by atoms with Crippen molar-refractivity contribution in [1.82, 2.24) is 0 Å². The van der Waals surface area contributed by atoms with Crippen molar-refractivity contribution in [3.8, 4) is 0 Å². The highest BCUT2D eigenvalue weighted by Crippen LogP contribution is 2.14. The molecule has 3 aromatic rings. The molecule has 0 radical (unpaired) electrons. The summed E-state index contributed by atoms with van der Waals surface area (Å²) in [5.41, 5.74) is 6.72. The summed E-state index contributed by atoms with van der Waals surface area (Å²) < 4.78 is 1.14. The fraction of sp³-hybridized carbons (Fsp3) is 0.100. The molecule has 0 nitrogen and oxygen atoms in total. The summed E-state index contributed by atoms with van der Waals surface area (Å²) in [7, 11) is 0. The van der Waals surface area contributed by atoms with E-state index >= 15 is 0 Å². The maximum Gasteiger partial charge on any atom is 0.241 e. The van der Waals surface area contributed by atoms with Gasteiger partial charge < -0.3 is 0 Å². The fourth-order valence-corrected chi connectivity index (χ4v) is 3.88. The van der Waals surface area contributed by atoms with Crippen LogP contribution in [0.5, 0.6) is 0 Å². The van der Waals surface area contributed by atoms with Crippen molar-refractivity contribution in [2.24, 2.45) is 0 Å². The highest BCUT2D eigenvalue weighted by molar-refractivity contribution is 9.10. The monoisotopic (exact) mass is 348 g/mol. The molecule has 0 heterocycles. The van der Waals surface area contributed by atoms with Gasteiger partial charge in [0.05, 0.1) is 0 Å². The number of hydrogen-bond acceptors (Lipinski definition) is 0. The van der Waals surface area contributed by atoms with E-state index in [0.717, 1.165) is 4.47 Å². The zero-order chi connectivity index (χ0) is 15.5. The molecule has 0 aliphatic rings. The average molecular weight is 349 g/mol. The highest BCUT2D eigenvalue weighted by atomic mass is 79.9. The van der Waals surface area contributed by atoms with Crippen LogP contribution in [-0.2, 0) is 0 Å². The Balaban J connectivity index is 2.24. The molecule has 0 aliphatic heterocycles. The first-order valence-corrected chi connectivity index (χ1v) is 8.32. The Bertz CT molecular complexity index is 704. The van der Waals surface area contributed by atoms with E-state index in [9.17, 15) is 0 Å². The van der Waals surface area contributed by atoms with Gasteiger partial charge in [-0.05, 0) is 26.0 Å². The zero-order valence-corrected chi connectivity index (χ0v) is 14.5. The lowest BCUT2D eigenvalue weighted by atomic mass is 9.35. The summed E-state index contributed by atoms with van der Waals surface area (Å²) in [6.45, 7) is 4.67. The minimum atomic E-state index is 0.274. The summed E-state index contributed by atoms with van der Waals surface area (Å²) in [6.07, 6.45) is 0. The summed E-state index contributed by atoms with van der Waals surface area (Å²) in [4.78, 5) is 0. The second kappa shape index (κ2) is 6.54. The van der Waals surface area contributed by atoms with Gasteiger partial charge in [0.1, 0.15) is 0 Å². The van der Waals surface area contributed by atoms with E-state index in [0.29, 0.717) is 0 Å². The molecule has 0 aromatic heterocycles. The van der Waals surface area contributed by atoms with Gasteiger partial charge in [0.25, 0.3) is 0 Å². The van der Waals surface area contributed by atoms with Crippen molar-refractivity contribution in [2.45, 2.75) is 13.8 Å². The van der Waals surface area contributed by atoms with Gasteiger partial charge in [0.2, 0.25) is 6.71 Å². The largest absolute Gasteiger partial charge is 0.241 e. The molecule has 0 saturated heterocycles. The maximum absolute atomic E-state index is 3.61. The van der Waals surface area contributed by atoms with Crippen molar-refractivity contribution in [2.75, 3.05) is 0 Å². The third-order valence-corrected chi connectivity index (χ3v) is 4.57. The van der Waals surface area contributed by atoms with Crippen LogP contribution in [0, 0.1) is 13.8 Å². The van der Waals surface area contributed by atoms with Crippen LogP contribution in [0.4, 0.5) is 0 Å². The van der Waals surface area contributed by atoms with Crippen LogP contribution < -0.4 is 16.4 Å². The summed E-state index contributed by atoms with van der Waals surface area (Å²) in [6, 6.07) is 25.9. The van der Waals surface area contributed by atoms with Gasteiger partial charge in [0.15, 0.2) is 0 Å². The Morgan fingerprint density at radius 2 is 1.09 bits per heavy atom. The predicted molar refractivity (Wildman–Crippen MR) is 101 cm³/mol. The lowest BCUT2D eigenvalue weighted by Gasteiger charge is -2.20. The van der Waals surface area contributed by atoms with Crippen LogP contribution >= 0.6 is 15.9 Å². The van der Waals surface area contributed by atoms with Gasteiger partial charge in [-0.15, -0.1) is 0 Å². The first-order chi connectivity index (χ1) is 10.7. The van der Waals surface area contributed by atoms with Crippen molar-refractivity contribution in [1.29, 1.82) is 0 Å². The Morgan fingerprint density at radius 1 is 0.682 bits per heavy atom. The van der Waals surface area contributed by atoms with E-state index in [1.807, 2.05) is 0 Å². The topological polar surface area (TPSA) is 0 Å². The van der Waals surface area contributed by atoms with Gasteiger partial charge >= 0.3 is 0 Å². The molecule has 0 unspecified atom stereocenters. The molecule has 0 saturated carbocycles. The fourth-order valence-electron chi connectivity index (χ4n) is 3.19. The molecule has 0 fully saturated rings. The molecule has 3 rings (SSSR count). The molecule has 0 bridgehead atoms. The minimum Gasteiger partial charge on any atom is -0.0686 e. The summed E-state index contributed by atoms with van der Waals surface area (Å²) >= 11 is 3.61. The molecule has 0 N–H and O–H groups in total. The third kappa shape index (κ3) is 3.03. The summed E-state index contributed by atoms with van der Waals surface area (Å²) in [5, 5.41) is 0. The van der Waals surface area contributed by atoms with Crippen molar-refractivity contribution in [3.05, 3.63) is 88.4 Å². The van der Waals surface area contributed by atoms with Crippen molar-refractivity contribution < 1.29 is 0 Å². The molecule has 0 atom stereocenters. The Hall–Kier alpha value is -1.80. The summed E-state index contributed by atoms with van der Waals surface area (Å²) in [5.74, 6) is 0. The number of benzene rings is 3. The molecule has 0 amide bonds. The van der Waals surface area contributed by atoms with Crippen LogP contribution in [0.3, 0.4) is 0 Å². The van der Waals surface area contributed by atoms with E-state index in [2.05, 4.69) is 103 Å². The molecule has 0 spiro atoms. The maximum atomic E-state index is 3.61. The molecular weight excluding hydrogens is 331 g/mol. The minimum absolute atomic E-state index is 0.274. The van der Waals surface area contributed by atoms with Gasteiger partial charge in [-0.2, -0.15) is 0 Å². The highest BCUT2D eigenvalue weighted by Gasteiger charge is 2.24. The average Bonchev–Trinajstić information content (AvgIpc) is 2.52. The number of rotatable bonds is 3. The van der Waals surface area contributed by atoms with Crippen LogP contribution in [0.2, 0.25) is 0 Å². The van der Waals surface area contributed by atoms with E-state index in [-0.39, 0.29) is 6.71 Å². The van der Waals surface area contributed by atoms with Crippen LogP contribution in [0.15, 0.2) is 77.3 Å². The number of hydrogen-bond donors (Lipinski definition) is 0. The molecule has 3 aromatic carbocycles. The lowest BCUT2D eigenvalue weighted by molar-refractivity contribution is 1.41. The van der Waals surface area contributed by atoms with Crippen molar-refractivity contribution >= 4 is 39.0 Å². The van der Waals surface area contributed by atoms with E-state index in [1.54, 1.807) is 0 Å². The molecular formula is C20H18BBr. The first-order valence-electron chi connectivity index (χ1n) is 7.53. The first kappa shape index (κ1) is 15.1. The number of aryl methyl sites for hydroxylation is 2. The number of halogens is 1. The molecule has 2 heteroatoms. The quantitative estimate of drug-likeness (QED) is 0.634. The Kier molecular flexibility index (Phi) is 4.49. The van der Waals surface area contributed by atoms with Gasteiger partial charge in [-0.3, -0.25) is 0 Å². The molecule has 0 aliphatic carbocycles. The predicted octanol–water partition coefficient (Wildman–Crippen LogP) is 3.58. The van der Waals surface area contributed by atoms with Crippen LogP contribution in [0.1, 0.15) is 11.1 Å². The zero-order valence-electron chi connectivity index (χ0n) is 12.9. The third-order valence-electron chi connectivity index (χ3n) is 4.11. The second-order valence-corrected chi connectivity index (χ2v) is 6.62. The van der Waals surface area contributed by atoms with E-state index in [1.165, 1.54) is 27.5 Å². The van der Waals surface area contributed by atoms with E-state index in [4.69, 9.17) is 0 Å². The van der Waals surface area contributed by atoms with Gasteiger partial charge in [-0.1, -0.05) is 104 Å². The van der Waals surface area contributed by atoms with Gasteiger partial charge in [-0.25, -0.2) is 0 Å². The van der Waals surface area contributed by atoms with E-state index < -0.39 is 0 Å². The normalized spacial score (nSPS) is 10.5. The lowest BCUT2D eigenvalue weighted by Crippen LogP contribution is -2.53. The van der Waals surface area contributed by atoms with Crippen LogP contribution in [-0.4, -0.2) is 6.71 Å². The molecule has 108 valence electrons. The van der Waals surface area contributed by atoms with Crippen molar-refractivity contribution in [3.63, 3.8) is 0 Å². The Morgan fingerprint density at radius 3 is 1.50 bits per heavy atom. The second-order valence-electron chi connectivity index (χ2n) is 5.71. The smallest absolute Gasteiger partial charge is 0.0686 e. The van der Waals surface area contributed by atoms with Gasteiger partial charge in [0, 0.05) is 4.47 Å². The standard InChI is InChI=1S/C20H18BBr/c1-15-13-19(22)14-16(2)20(15)21(17-9-5-3-6-10-17)18-11-7-4-8-12-18/h3-14H,1-2H3. The van der Waals surface area contributed by atoms with Crippen LogP contribution in [0.25, 0.3) is 0 Å². The molecule has 22 heavy (non-hydrogen) atoms.